The molecule has 3 saturated heterocycles. The summed E-state index contributed by atoms with van der Waals surface area (Å²) in [7, 11) is 0. The summed E-state index contributed by atoms with van der Waals surface area (Å²) in [4.78, 5) is 13.4. The van der Waals surface area contributed by atoms with Crippen molar-refractivity contribution in [3.63, 3.8) is 0 Å². The van der Waals surface area contributed by atoms with E-state index >= 15 is 0 Å². The molecule has 3 aliphatic heterocycles. The highest BCUT2D eigenvalue weighted by atomic mass is 16.2. The summed E-state index contributed by atoms with van der Waals surface area (Å²) in [6, 6.07) is 8.28. The fourth-order valence-electron chi connectivity index (χ4n) is 3.57. The number of amides is 2. The minimum atomic E-state index is -0.527. The smallest absolute Gasteiger partial charge is 0.316 e. The van der Waals surface area contributed by atoms with Crippen molar-refractivity contribution >= 4 is 11.7 Å². The number of hydrogen-bond acceptors (Lipinski definition) is 3. The molecule has 0 spiro atoms. The molecule has 21 heavy (non-hydrogen) atoms. The summed E-state index contributed by atoms with van der Waals surface area (Å²) < 4.78 is 0. The van der Waals surface area contributed by atoms with E-state index in [0.29, 0.717) is 12.1 Å². The molecule has 5 heteroatoms. The monoisotopic (exact) mass is 288 g/mol. The Bertz CT molecular complexity index is 494. The maximum atomic E-state index is 10.8. The van der Waals surface area contributed by atoms with Gasteiger partial charge in [0.2, 0.25) is 0 Å². The van der Waals surface area contributed by atoms with Crippen molar-refractivity contribution in [1.29, 1.82) is 0 Å². The zero-order chi connectivity index (χ0) is 14.8. The zero-order valence-electron chi connectivity index (χ0n) is 12.5. The number of fused-ring (bicyclic) bond motifs is 3. The molecule has 0 aliphatic carbocycles. The molecule has 0 radical (unpaired) electrons. The molecule has 3 heterocycles. The Balaban J connectivity index is 1.60. The van der Waals surface area contributed by atoms with Gasteiger partial charge in [0.1, 0.15) is 0 Å². The predicted molar refractivity (Wildman–Crippen MR) is 84.2 cm³/mol. The Kier molecular flexibility index (Phi) is 4.12. The van der Waals surface area contributed by atoms with Crippen LogP contribution in [0.5, 0.6) is 0 Å². The number of carbonyl (C=O) groups is 1. The van der Waals surface area contributed by atoms with E-state index in [9.17, 15) is 4.79 Å². The standard InChI is InChI=1S/C16H24N4O/c1-11(12-2-4-14(5-3-12)19-16(17)21)18-15-10-20-8-6-13(15)7-9-20/h2-5,11,13,15,18H,6-10H2,1H3,(H3,17,19,21). The van der Waals surface area contributed by atoms with Crippen LogP contribution < -0.4 is 16.4 Å². The lowest BCUT2D eigenvalue weighted by molar-refractivity contribution is 0.0680. The second-order valence-corrected chi connectivity index (χ2v) is 6.24. The number of nitrogens with two attached hydrogens (primary N) is 1. The topological polar surface area (TPSA) is 70.4 Å². The fraction of sp³-hybridized carbons (Fsp3) is 0.562. The van der Waals surface area contributed by atoms with E-state index in [4.69, 9.17) is 5.73 Å². The first-order chi connectivity index (χ1) is 10.1. The second-order valence-electron chi connectivity index (χ2n) is 6.24. The number of nitrogens with one attached hydrogen (secondary N) is 2. The minimum absolute atomic E-state index is 0.318. The van der Waals surface area contributed by atoms with Crippen LogP contribution in [0.3, 0.4) is 0 Å². The highest BCUT2D eigenvalue weighted by Gasteiger charge is 2.34. The first-order valence-electron chi connectivity index (χ1n) is 7.76. The van der Waals surface area contributed by atoms with Gasteiger partial charge in [-0.3, -0.25) is 0 Å². The van der Waals surface area contributed by atoms with Gasteiger partial charge in [0, 0.05) is 24.3 Å². The first kappa shape index (κ1) is 14.4. The van der Waals surface area contributed by atoms with Crippen molar-refractivity contribution in [3.8, 4) is 0 Å². The average Bonchev–Trinajstić information content (AvgIpc) is 2.48. The van der Waals surface area contributed by atoms with Gasteiger partial charge in [-0.25, -0.2) is 4.79 Å². The lowest BCUT2D eigenvalue weighted by Crippen LogP contribution is -2.56. The maximum Gasteiger partial charge on any atom is 0.316 e. The van der Waals surface area contributed by atoms with Crippen LogP contribution in [0.25, 0.3) is 0 Å². The normalized spacial score (nSPS) is 29.1. The number of anilines is 1. The van der Waals surface area contributed by atoms with Crippen molar-refractivity contribution < 1.29 is 4.79 Å². The highest BCUT2D eigenvalue weighted by molar-refractivity contribution is 5.87. The number of nitrogens with zero attached hydrogens (tertiary/aromatic N) is 1. The van der Waals surface area contributed by atoms with E-state index in [2.05, 4.69) is 22.5 Å². The zero-order valence-corrected chi connectivity index (χ0v) is 12.5. The van der Waals surface area contributed by atoms with Gasteiger partial charge < -0.3 is 21.3 Å². The Morgan fingerprint density at radius 3 is 2.48 bits per heavy atom. The molecule has 5 nitrogen and oxygen atoms in total. The molecule has 2 amide bonds. The van der Waals surface area contributed by atoms with Crippen molar-refractivity contribution in [3.05, 3.63) is 29.8 Å². The fourth-order valence-corrected chi connectivity index (χ4v) is 3.57. The molecule has 3 fully saturated rings. The van der Waals surface area contributed by atoms with Crippen LogP contribution in [0.15, 0.2) is 24.3 Å². The molecule has 0 saturated carbocycles. The van der Waals surface area contributed by atoms with Crippen LogP contribution in [0.4, 0.5) is 10.5 Å². The van der Waals surface area contributed by atoms with Gasteiger partial charge in [-0.05, 0) is 56.5 Å². The molecular formula is C16H24N4O. The molecule has 3 aliphatic rings. The number of piperidine rings is 3. The molecule has 1 aromatic carbocycles. The summed E-state index contributed by atoms with van der Waals surface area (Å²) in [6.45, 7) is 5.92. The van der Waals surface area contributed by atoms with Crippen molar-refractivity contribution in [2.24, 2.45) is 11.7 Å². The molecule has 2 bridgehead atoms. The Labute approximate surface area is 125 Å². The van der Waals surface area contributed by atoms with Crippen molar-refractivity contribution in [1.82, 2.24) is 10.2 Å². The molecule has 1 aromatic rings. The Hall–Kier alpha value is -1.59. The third kappa shape index (κ3) is 3.36. The van der Waals surface area contributed by atoms with Gasteiger partial charge in [-0.1, -0.05) is 12.1 Å². The highest BCUT2D eigenvalue weighted by Crippen LogP contribution is 2.29. The Morgan fingerprint density at radius 2 is 1.95 bits per heavy atom. The number of benzene rings is 1. The quantitative estimate of drug-likeness (QED) is 0.793. The molecule has 0 aromatic heterocycles. The van der Waals surface area contributed by atoms with E-state index in [-0.39, 0.29) is 0 Å². The molecule has 4 N–H and O–H groups in total. The summed E-state index contributed by atoms with van der Waals surface area (Å²) in [5, 5.41) is 6.36. The van der Waals surface area contributed by atoms with Gasteiger partial charge in [-0.15, -0.1) is 0 Å². The predicted octanol–water partition coefficient (Wildman–Crippen LogP) is 1.92. The van der Waals surface area contributed by atoms with Gasteiger partial charge in [0.25, 0.3) is 0 Å². The summed E-state index contributed by atoms with van der Waals surface area (Å²) in [5.41, 5.74) is 7.09. The summed E-state index contributed by atoms with van der Waals surface area (Å²) >= 11 is 0. The van der Waals surface area contributed by atoms with Gasteiger partial charge in [0.15, 0.2) is 0 Å². The Morgan fingerprint density at radius 1 is 1.29 bits per heavy atom. The van der Waals surface area contributed by atoms with E-state index in [0.717, 1.165) is 11.6 Å². The van der Waals surface area contributed by atoms with Crippen LogP contribution in [-0.4, -0.2) is 36.6 Å². The van der Waals surface area contributed by atoms with Gasteiger partial charge in [0.05, 0.1) is 0 Å². The van der Waals surface area contributed by atoms with E-state index in [1.807, 2.05) is 24.3 Å². The second kappa shape index (κ2) is 6.03. The lowest BCUT2D eigenvalue weighted by Gasteiger charge is -2.46. The van der Waals surface area contributed by atoms with Crippen molar-refractivity contribution in [2.75, 3.05) is 25.0 Å². The van der Waals surface area contributed by atoms with E-state index in [1.165, 1.54) is 38.0 Å². The van der Waals surface area contributed by atoms with Crippen LogP contribution in [0.1, 0.15) is 31.4 Å². The van der Waals surface area contributed by atoms with E-state index in [1.54, 1.807) is 0 Å². The summed E-state index contributed by atoms with van der Waals surface area (Å²) in [6.07, 6.45) is 2.65. The number of hydrogen-bond donors (Lipinski definition) is 3. The third-order valence-corrected chi connectivity index (χ3v) is 4.80. The number of urea groups is 1. The number of primary amides is 1. The first-order valence-corrected chi connectivity index (χ1v) is 7.76. The molecule has 4 rings (SSSR count). The minimum Gasteiger partial charge on any atom is -0.351 e. The summed E-state index contributed by atoms with van der Waals surface area (Å²) in [5.74, 6) is 0.827. The molecular weight excluding hydrogens is 264 g/mol. The SMILES string of the molecule is CC(NC1CN2CCC1CC2)c1ccc(NC(N)=O)cc1. The molecule has 2 unspecified atom stereocenters. The molecule has 2 atom stereocenters. The van der Waals surface area contributed by atoms with Crippen LogP contribution >= 0.6 is 0 Å². The lowest BCUT2D eigenvalue weighted by atomic mass is 9.83. The average molecular weight is 288 g/mol. The van der Waals surface area contributed by atoms with Crippen LogP contribution in [-0.2, 0) is 0 Å². The third-order valence-electron chi connectivity index (χ3n) is 4.80. The largest absolute Gasteiger partial charge is 0.351 e. The van der Waals surface area contributed by atoms with E-state index < -0.39 is 6.03 Å². The van der Waals surface area contributed by atoms with Crippen LogP contribution in [0, 0.1) is 5.92 Å². The number of rotatable bonds is 4. The molecule has 114 valence electrons. The maximum absolute atomic E-state index is 10.8. The van der Waals surface area contributed by atoms with Crippen molar-refractivity contribution in [2.45, 2.75) is 31.8 Å². The number of carbonyl (C=O) groups excluding carboxylic acids is 1. The van der Waals surface area contributed by atoms with Gasteiger partial charge >= 0.3 is 6.03 Å². The van der Waals surface area contributed by atoms with Crippen LogP contribution in [0.2, 0.25) is 0 Å². The van der Waals surface area contributed by atoms with Gasteiger partial charge in [-0.2, -0.15) is 0 Å².